The monoisotopic (exact) mass is 718 g/mol. The number of rotatable bonds is 34. The number of hydrogen-bond donors (Lipinski definition) is 3. The van der Waals surface area contributed by atoms with Crippen molar-refractivity contribution in [2.75, 3.05) is 26.4 Å². The Morgan fingerprint density at radius 2 is 1.33 bits per heavy atom. The molecule has 286 valence electrons. The number of esters is 2. The normalized spacial score (nSPS) is 14.9. The quantitative estimate of drug-likeness (QED) is 0.0194. The lowest BCUT2D eigenvalue weighted by molar-refractivity contribution is -0.161. The third-order valence-corrected chi connectivity index (χ3v) is 9.08. The molecular weight excluding hydrogens is 651 g/mol. The van der Waals surface area contributed by atoms with Crippen LogP contribution in [-0.2, 0) is 37.5 Å². The molecule has 0 aliphatic heterocycles. The minimum absolute atomic E-state index is 0.165. The number of ketones is 1. The zero-order valence-corrected chi connectivity index (χ0v) is 31.5. The molecule has 0 bridgehead atoms. The fourth-order valence-corrected chi connectivity index (χ4v) is 5.56. The molecule has 11 nitrogen and oxygen atoms in total. The topological polar surface area (TPSA) is 166 Å². The van der Waals surface area contributed by atoms with Crippen molar-refractivity contribution in [3.63, 3.8) is 0 Å². The highest BCUT2D eigenvalue weighted by Gasteiger charge is 2.27. The number of carbonyl (C=O) groups excluding carboxylic acids is 3. The van der Waals surface area contributed by atoms with Crippen molar-refractivity contribution < 1.29 is 52.6 Å². The summed E-state index contributed by atoms with van der Waals surface area (Å²) in [7, 11) is -4.63. The highest BCUT2D eigenvalue weighted by molar-refractivity contribution is 7.47. The third-order valence-electron chi connectivity index (χ3n) is 8.13. The van der Waals surface area contributed by atoms with E-state index in [-0.39, 0.29) is 25.2 Å². The summed E-state index contributed by atoms with van der Waals surface area (Å²) in [6, 6.07) is 0. The number of unbranched alkanes of at least 4 members (excludes halogenated alkanes) is 12. The van der Waals surface area contributed by atoms with Gasteiger partial charge in [-0.25, -0.2) is 4.57 Å². The summed E-state index contributed by atoms with van der Waals surface area (Å²) >= 11 is 0. The predicted octanol–water partition coefficient (Wildman–Crippen LogP) is 8.09. The van der Waals surface area contributed by atoms with Crippen molar-refractivity contribution in [1.82, 2.24) is 0 Å². The van der Waals surface area contributed by atoms with Gasteiger partial charge < -0.3 is 24.6 Å². The Morgan fingerprint density at radius 3 is 1.98 bits per heavy atom. The average molecular weight is 719 g/mol. The van der Waals surface area contributed by atoms with Gasteiger partial charge in [0.05, 0.1) is 19.8 Å². The molecule has 0 amide bonds. The summed E-state index contributed by atoms with van der Waals surface area (Å²) in [5.74, 6) is -0.0693. The Labute approximate surface area is 295 Å². The van der Waals surface area contributed by atoms with Crippen molar-refractivity contribution in [1.29, 1.82) is 0 Å². The Hall–Kier alpha value is -1.88. The lowest BCUT2D eigenvalue weighted by Crippen LogP contribution is -2.29. The van der Waals surface area contributed by atoms with Crippen LogP contribution in [0, 0.1) is 5.92 Å². The van der Waals surface area contributed by atoms with Crippen LogP contribution < -0.4 is 0 Å². The molecule has 2 unspecified atom stereocenters. The van der Waals surface area contributed by atoms with Gasteiger partial charge in [0.2, 0.25) is 0 Å². The number of aliphatic hydroxyl groups excluding tert-OH is 2. The Morgan fingerprint density at radius 1 is 0.735 bits per heavy atom. The summed E-state index contributed by atoms with van der Waals surface area (Å²) in [6.07, 6.45) is 22.9. The molecule has 4 atom stereocenters. The maximum absolute atomic E-state index is 12.5. The largest absolute Gasteiger partial charge is 0.472 e. The van der Waals surface area contributed by atoms with Crippen LogP contribution in [0.5, 0.6) is 0 Å². The van der Waals surface area contributed by atoms with E-state index in [4.69, 9.17) is 19.1 Å². The lowest BCUT2D eigenvalue weighted by atomic mass is 10.00. The van der Waals surface area contributed by atoms with Gasteiger partial charge in [0.1, 0.15) is 12.7 Å². The maximum atomic E-state index is 12.5. The minimum atomic E-state index is -4.63. The first-order valence-corrected chi connectivity index (χ1v) is 20.1. The van der Waals surface area contributed by atoms with Crippen molar-refractivity contribution >= 4 is 25.5 Å². The standard InChI is InChI=1S/C37H67O11P/c1-4-6-18-24-33(39)25-20-15-10-8-7-9-11-16-21-26-36(41)45-30-35(31-47-49(43,44)46-29-34(40)28-38)48-37(42)27-22-17-13-12-14-19-23-32(3)5-2/h10,15,20,25,32,34-35,38,40H,4-9,11-14,16-19,21-24,26-31H2,1-3H3,(H,43,44)/b15-10-,25-20+/t32?,34-,35+/m0/s1. The molecule has 0 aromatic carbocycles. The number of aliphatic hydroxyl groups is 2. The first-order valence-electron chi connectivity index (χ1n) is 18.6. The maximum Gasteiger partial charge on any atom is 0.472 e. The fourth-order valence-electron chi connectivity index (χ4n) is 4.77. The highest BCUT2D eigenvalue weighted by atomic mass is 31.2. The van der Waals surface area contributed by atoms with E-state index in [2.05, 4.69) is 31.4 Å². The number of hydrogen-bond acceptors (Lipinski definition) is 10. The molecule has 0 saturated heterocycles. The van der Waals surface area contributed by atoms with Gasteiger partial charge in [0, 0.05) is 19.3 Å². The lowest BCUT2D eigenvalue weighted by Gasteiger charge is -2.20. The molecule has 12 heteroatoms. The van der Waals surface area contributed by atoms with Gasteiger partial charge in [0.15, 0.2) is 11.9 Å². The van der Waals surface area contributed by atoms with Crippen molar-refractivity contribution in [3.05, 3.63) is 24.3 Å². The molecule has 0 aliphatic rings. The molecule has 0 fully saturated rings. The molecule has 0 radical (unpaired) electrons. The van der Waals surface area contributed by atoms with Gasteiger partial charge >= 0.3 is 19.8 Å². The summed E-state index contributed by atoms with van der Waals surface area (Å²) < 4.78 is 32.5. The van der Waals surface area contributed by atoms with E-state index in [1.165, 1.54) is 25.7 Å². The second-order valence-electron chi connectivity index (χ2n) is 12.9. The van der Waals surface area contributed by atoms with E-state index in [1.54, 1.807) is 12.2 Å². The summed E-state index contributed by atoms with van der Waals surface area (Å²) in [4.78, 5) is 46.5. The number of allylic oxidation sites excluding steroid dienone is 4. The Bertz CT molecular complexity index is 953. The Balaban J connectivity index is 4.44. The molecule has 0 rings (SSSR count). The predicted molar refractivity (Wildman–Crippen MR) is 192 cm³/mol. The first kappa shape index (κ1) is 47.1. The SMILES string of the molecule is CCCCCC(=O)/C=C/C=C\CCCCCCCC(=O)OC[C@H](COP(=O)(O)OC[C@@H](O)CO)OC(=O)CCCCCCCCC(C)CC. The van der Waals surface area contributed by atoms with Crippen LogP contribution in [0.2, 0.25) is 0 Å². The van der Waals surface area contributed by atoms with E-state index in [0.717, 1.165) is 76.5 Å². The van der Waals surface area contributed by atoms with Crippen LogP contribution >= 0.6 is 7.82 Å². The molecular formula is C37H67O11P. The van der Waals surface area contributed by atoms with E-state index >= 15 is 0 Å². The van der Waals surface area contributed by atoms with Gasteiger partial charge in [-0.3, -0.25) is 23.4 Å². The minimum Gasteiger partial charge on any atom is -0.462 e. The van der Waals surface area contributed by atoms with Gasteiger partial charge in [0.25, 0.3) is 0 Å². The molecule has 3 N–H and O–H groups in total. The van der Waals surface area contributed by atoms with Crippen molar-refractivity contribution in [2.45, 2.75) is 161 Å². The van der Waals surface area contributed by atoms with Crippen LogP contribution in [0.25, 0.3) is 0 Å². The van der Waals surface area contributed by atoms with E-state index in [1.807, 2.05) is 6.08 Å². The second-order valence-corrected chi connectivity index (χ2v) is 14.3. The van der Waals surface area contributed by atoms with E-state index in [9.17, 15) is 28.9 Å². The molecule has 0 saturated carbocycles. The highest BCUT2D eigenvalue weighted by Crippen LogP contribution is 2.43. The third kappa shape index (κ3) is 31.8. The van der Waals surface area contributed by atoms with Gasteiger partial charge in [-0.05, 0) is 44.1 Å². The van der Waals surface area contributed by atoms with Crippen LogP contribution in [0.3, 0.4) is 0 Å². The molecule has 0 heterocycles. The van der Waals surface area contributed by atoms with Gasteiger partial charge in [-0.1, -0.05) is 116 Å². The van der Waals surface area contributed by atoms with Crippen LogP contribution in [0.1, 0.15) is 149 Å². The van der Waals surface area contributed by atoms with Crippen LogP contribution in [-0.4, -0.2) is 71.5 Å². The molecule has 49 heavy (non-hydrogen) atoms. The molecule has 0 spiro atoms. The fraction of sp³-hybridized carbons (Fsp3) is 0.811. The van der Waals surface area contributed by atoms with Crippen LogP contribution in [0.15, 0.2) is 24.3 Å². The summed E-state index contributed by atoms with van der Waals surface area (Å²) in [5.41, 5.74) is 0. The summed E-state index contributed by atoms with van der Waals surface area (Å²) in [5, 5.41) is 18.2. The number of phosphoric ester groups is 1. The van der Waals surface area contributed by atoms with Crippen LogP contribution in [0.4, 0.5) is 0 Å². The zero-order valence-electron chi connectivity index (χ0n) is 30.6. The number of phosphoric acid groups is 1. The smallest absolute Gasteiger partial charge is 0.462 e. The first-order chi connectivity index (χ1) is 23.5. The molecule has 0 aromatic rings. The Kier molecular flexibility index (Phi) is 30.8. The summed E-state index contributed by atoms with van der Waals surface area (Å²) in [6.45, 7) is 4.40. The van der Waals surface area contributed by atoms with E-state index in [0.29, 0.717) is 19.3 Å². The van der Waals surface area contributed by atoms with Gasteiger partial charge in [-0.2, -0.15) is 0 Å². The zero-order chi connectivity index (χ0) is 36.6. The van der Waals surface area contributed by atoms with Crippen molar-refractivity contribution in [3.8, 4) is 0 Å². The van der Waals surface area contributed by atoms with Gasteiger partial charge in [-0.15, -0.1) is 0 Å². The number of ether oxygens (including phenoxy) is 2. The second kappa shape index (κ2) is 32.1. The number of carbonyl (C=O) groups is 3. The van der Waals surface area contributed by atoms with Crippen molar-refractivity contribution in [2.24, 2.45) is 5.92 Å². The molecule has 0 aliphatic carbocycles. The van der Waals surface area contributed by atoms with E-state index < -0.39 is 51.8 Å². The molecule has 0 aromatic heterocycles. The average Bonchev–Trinajstić information content (AvgIpc) is 3.08.